The monoisotopic (exact) mass is 403 g/mol. The largest absolute Gasteiger partial charge is 0.355 e. The molecule has 1 atom stereocenters. The van der Waals surface area contributed by atoms with Crippen molar-refractivity contribution in [2.24, 2.45) is 5.92 Å². The topological polar surface area (TPSA) is 62.5 Å². The fourth-order valence-electron chi connectivity index (χ4n) is 4.89. The Kier molecular flexibility index (Phi) is 5.15. The van der Waals surface area contributed by atoms with Gasteiger partial charge in [0.05, 0.1) is 11.7 Å². The fraction of sp³-hybridized carbons (Fsp3) is 0.458. The normalized spacial score (nSPS) is 18.2. The van der Waals surface area contributed by atoms with Crippen LogP contribution < -0.4 is 10.2 Å². The summed E-state index contributed by atoms with van der Waals surface area (Å²) in [4.78, 5) is 19.9. The van der Waals surface area contributed by atoms with Crippen molar-refractivity contribution in [1.82, 2.24) is 19.9 Å². The summed E-state index contributed by atoms with van der Waals surface area (Å²) in [6.45, 7) is 3.75. The van der Waals surface area contributed by atoms with Crippen LogP contribution in [-0.4, -0.2) is 33.6 Å². The molecule has 3 aromatic rings. The quantitative estimate of drug-likeness (QED) is 0.722. The molecule has 2 aromatic heterocycles. The van der Waals surface area contributed by atoms with Crippen molar-refractivity contribution in [3.8, 4) is 0 Å². The van der Waals surface area contributed by atoms with Gasteiger partial charge < -0.3 is 10.2 Å². The van der Waals surface area contributed by atoms with Crippen LogP contribution in [0.5, 0.6) is 0 Å². The summed E-state index contributed by atoms with van der Waals surface area (Å²) in [7, 11) is 0. The number of hydrogen-bond acceptors (Lipinski definition) is 4. The average molecular weight is 404 g/mol. The van der Waals surface area contributed by atoms with Crippen molar-refractivity contribution < 1.29 is 4.79 Å². The number of carbonyl (C=O) groups is 1. The third kappa shape index (κ3) is 3.55. The molecule has 30 heavy (non-hydrogen) atoms. The first-order chi connectivity index (χ1) is 14.7. The van der Waals surface area contributed by atoms with Gasteiger partial charge in [-0.3, -0.25) is 4.79 Å². The number of nitrogens with one attached hydrogen (secondary N) is 1. The van der Waals surface area contributed by atoms with E-state index >= 15 is 0 Å². The number of aromatic nitrogens is 3. The van der Waals surface area contributed by atoms with Crippen LogP contribution in [-0.2, 0) is 17.6 Å². The maximum Gasteiger partial charge on any atom is 0.223 e. The highest BCUT2D eigenvalue weighted by molar-refractivity contribution is 5.80. The summed E-state index contributed by atoms with van der Waals surface area (Å²) in [5.74, 6) is 1.26. The van der Waals surface area contributed by atoms with Crippen molar-refractivity contribution >= 4 is 17.2 Å². The van der Waals surface area contributed by atoms with E-state index in [0.717, 1.165) is 50.2 Å². The van der Waals surface area contributed by atoms with Gasteiger partial charge in [0, 0.05) is 37.0 Å². The van der Waals surface area contributed by atoms with Crippen LogP contribution in [0.1, 0.15) is 55.5 Å². The lowest BCUT2D eigenvalue weighted by Gasteiger charge is -2.33. The number of piperidine rings is 1. The molecular weight excluding hydrogens is 374 g/mol. The van der Waals surface area contributed by atoms with E-state index in [1.165, 1.54) is 29.6 Å². The predicted molar refractivity (Wildman–Crippen MR) is 118 cm³/mol. The Morgan fingerprint density at radius 3 is 2.70 bits per heavy atom. The molecule has 1 unspecified atom stereocenters. The SMILES string of the molecule is CC(NC(=O)C1CCN(c2nccn3nc4c(c23)CCCC4)CC1)c1ccccc1. The lowest BCUT2D eigenvalue weighted by molar-refractivity contribution is -0.126. The van der Waals surface area contributed by atoms with E-state index < -0.39 is 0 Å². The van der Waals surface area contributed by atoms with Crippen molar-refractivity contribution in [3.63, 3.8) is 0 Å². The molecule has 156 valence electrons. The molecule has 0 bridgehead atoms. The second-order valence-electron chi connectivity index (χ2n) is 8.58. The third-order valence-corrected chi connectivity index (χ3v) is 6.62. The molecule has 3 heterocycles. The van der Waals surface area contributed by atoms with Gasteiger partial charge in [0.1, 0.15) is 5.52 Å². The number of benzene rings is 1. The average Bonchev–Trinajstić information content (AvgIpc) is 3.18. The van der Waals surface area contributed by atoms with Crippen LogP contribution in [0.25, 0.3) is 5.52 Å². The zero-order chi connectivity index (χ0) is 20.5. The van der Waals surface area contributed by atoms with Crippen LogP contribution in [0.15, 0.2) is 42.7 Å². The first-order valence-electron chi connectivity index (χ1n) is 11.2. The Hall–Kier alpha value is -2.89. The molecule has 6 heteroatoms. The second kappa shape index (κ2) is 8.09. The summed E-state index contributed by atoms with van der Waals surface area (Å²) >= 11 is 0. The van der Waals surface area contributed by atoms with Gasteiger partial charge in [-0.1, -0.05) is 30.3 Å². The first-order valence-corrected chi connectivity index (χ1v) is 11.2. The van der Waals surface area contributed by atoms with E-state index in [1.807, 2.05) is 35.1 Å². The van der Waals surface area contributed by atoms with E-state index in [1.54, 1.807) is 0 Å². The number of hydrogen-bond donors (Lipinski definition) is 1. The maximum atomic E-state index is 12.8. The molecule has 0 radical (unpaired) electrons. The van der Waals surface area contributed by atoms with Crippen LogP contribution in [0, 0.1) is 5.92 Å². The van der Waals surface area contributed by atoms with Gasteiger partial charge in [0.2, 0.25) is 5.91 Å². The minimum Gasteiger partial charge on any atom is -0.355 e. The lowest BCUT2D eigenvalue weighted by atomic mass is 9.94. The summed E-state index contributed by atoms with van der Waals surface area (Å²) in [6, 6.07) is 10.2. The summed E-state index contributed by atoms with van der Waals surface area (Å²) in [6.07, 6.45) is 10.1. The van der Waals surface area contributed by atoms with E-state index in [2.05, 4.69) is 29.3 Å². The molecule has 0 saturated carbocycles. The number of anilines is 1. The van der Waals surface area contributed by atoms with Crippen LogP contribution in [0.3, 0.4) is 0 Å². The highest BCUT2D eigenvalue weighted by atomic mass is 16.1. The summed E-state index contributed by atoms with van der Waals surface area (Å²) < 4.78 is 2.01. The van der Waals surface area contributed by atoms with E-state index in [-0.39, 0.29) is 17.9 Å². The van der Waals surface area contributed by atoms with Gasteiger partial charge in [-0.05, 0) is 51.0 Å². The van der Waals surface area contributed by atoms with Crippen LogP contribution in [0.2, 0.25) is 0 Å². The zero-order valence-electron chi connectivity index (χ0n) is 17.6. The van der Waals surface area contributed by atoms with Crippen LogP contribution in [0.4, 0.5) is 5.82 Å². The number of nitrogens with zero attached hydrogens (tertiary/aromatic N) is 4. The minimum absolute atomic E-state index is 0.0328. The molecular formula is C24H29N5O. The Bertz CT molecular complexity index is 1040. The standard InChI is InChI=1S/C24H29N5O/c1-17(18-7-3-2-4-8-18)26-24(30)19-11-14-28(15-12-19)23-22-20-9-5-6-10-21(20)27-29(22)16-13-25-23/h2-4,7-8,13,16-17,19H,5-6,9-12,14-15H2,1H3,(H,26,30). The number of fused-ring (bicyclic) bond motifs is 3. The zero-order valence-corrected chi connectivity index (χ0v) is 17.6. The lowest BCUT2D eigenvalue weighted by Crippen LogP contribution is -2.41. The van der Waals surface area contributed by atoms with Gasteiger partial charge in [-0.15, -0.1) is 0 Å². The van der Waals surface area contributed by atoms with Gasteiger partial charge in [0.25, 0.3) is 0 Å². The Labute approximate surface area is 177 Å². The summed E-state index contributed by atoms with van der Waals surface area (Å²) in [5, 5.41) is 8.00. The number of carbonyl (C=O) groups excluding carboxylic acids is 1. The Morgan fingerprint density at radius 2 is 1.90 bits per heavy atom. The number of aryl methyl sites for hydroxylation is 2. The predicted octanol–water partition coefficient (Wildman–Crippen LogP) is 3.70. The third-order valence-electron chi connectivity index (χ3n) is 6.62. The van der Waals surface area contributed by atoms with Crippen molar-refractivity contribution in [3.05, 3.63) is 59.5 Å². The molecule has 2 aliphatic rings. The second-order valence-corrected chi connectivity index (χ2v) is 8.58. The van der Waals surface area contributed by atoms with Gasteiger partial charge in [0.15, 0.2) is 5.82 Å². The molecule has 5 rings (SSSR count). The van der Waals surface area contributed by atoms with Crippen molar-refractivity contribution in [1.29, 1.82) is 0 Å². The first kappa shape index (κ1) is 19.1. The van der Waals surface area contributed by atoms with E-state index in [9.17, 15) is 4.79 Å². The minimum atomic E-state index is 0.0328. The fourth-order valence-corrected chi connectivity index (χ4v) is 4.89. The molecule has 1 fully saturated rings. The van der Waals surface area contributed by atoms with Crippen molar-refractivity contribution in [2.75, 3.05) is 18.0 Å². The highest BCUT2D eigenvalue weighted by Gasteiger charge is 2.29. The van der Waals surface area contributed by atoms with Gasteiger partial charge >= 0.3 is 0 Å². The maximum absolute atomic E-state index is 12.8. The number of amides is 1. The van der Waals surface area contributed by atoms with Gasteiger partial charge in [-0.25, -0.2) is 9.50 Å². The molecule has 1 aliphatic carbocycles. The molecule has 6 nitrogen and oxygen atoms in total. The van der Waals surface area contributed by atoms with E-state index in [4.69, 9.17) is 10.1 Å². The molecule has 1 aliphatic heterocycles. The molecule has 1 saturated heterocycles. The summed E-state index contributed by atoms with van der Waals surface area (Å²) in [5.41, 5.74) is 4.93. The molecule has 0 spiro atoms. The highest BCUT2D eigenvalue weighted by Crippen LogP contribution is 2.32. The molecule has 1 aromatic carbocycles. The molecule has 1 N–H and O–H groups in total. The van der Waals surface area contributed by atoms with E-state index in [0.29, 0.717) is 0 Å². The molecule has 1 amide bonds. The van der Waals surface area contributed by atoms with Gasteiger partial charge in [-0.2, -0.15) is 5.10 Å². The Morgan fingerprint density at radius 1 is 1.13 bits per heavy atom. The van der Waals surface area contributed by atoms with Crippen LogP contribution >= 0.6 is 0 Å². The Balaban J connectivity index is 1.27. The number of rotatable bonds is 4. The smallest absolute Gasteiger partial charge is 0.223 e. The van der Waals surface area contributed by atoms with Crippen molar-refractivity contribution in [2.45, 2.75) is 51.5 Å².